The van der Waals surface area contributed by atoms with Gasteiger partial charge in [-0.15, -0.1) is 0 Å². The number of carbonyl (C=O) groups is 2. The highest BCUT2D eigenvalue weighted by atomic mass is 19.3. The predicted octanol–water partition coefficient (Wildman–Crippen LogP) is 4.76. The van der Waals surface area contributed by atoms with Gasteiger partial charge in [0, 0.05) is 24.5 Å². The summed E-state index contributed by atoms with van der Waals surface area (Å²) in [4.78, 5) is 32.4. The van der Waals surface area contributed by atoms with Crippen molar-refractivity contribution in [1.82, 2.24) is 19.7 Å². The number of nitrogens with one attached hydrogen (secondary N) is 2. The normalized spacial score (nSPS) is 19.9. The van der Waals surface area contributed by atoms with E-state index in [0.29, 0.717) is 43.0 Å². The van der Waals surface area contributed by atoms with Crippen LogP contribution in [-0.4, -0.2) is 43.3 Å². The molecule has 10 nitrogen and oxygen atoms in total. The standard InChI is InChI=1S/C24H26F2N6O4/c25-21(26)20-17(11-32(31-20)16-5-3-14(4-6-16)24(34)35)29-22(33)18-12-36-23(30-18)15-7-8-27-19(9-15)28-10-13-1-2-13/h7-9,11-14,16,21H,1-6,10H2,(H,27,28)(H,29,33)(H,34,35)/t14-,16-. The highest BCUT2D eigenvalue weighted by Gasteiger charge is 2.29. The molecule has 2 aliphatic rings. The number of hydrogen-bond donors (Lipinski definition) is 3. The second-order valence-electron chi connectivity index (χ2n) is 9.30. The summed E-state index contributed by atoms with van der Waals surface area (Å²) in [5.41, 5.74) is -0.104. The molecule has 2 saturated carbocycles. The number of carbonyl (C=O) groups excluding carboxylic acids is 1. The second-order valence-corrected chi connectivity index (χ2v) is 9.30. The summed E-state index contributed by atoms with van der Waals surface area (Å²) < 4.78 is 34.2. The van der Waals surface area contributed by atoms with Gasteiger partial charge in [-0.3, -0.25) is 14.3 Å². The molecule has 190 valence electrons. The van der Waals surface area contributed by atoms with Gasteiger partial charge in [-0.1, -0.05) is 0 Å². The molecule has 0 saturated heterocycles. The minimum absolute atomic E-state index is 0.0655. The van der Waals surface area contributed by atoms with E-state index in [-0.39, 0.29) is 23.3 Å². The minimum atomic E-state index is -2.90. The Balaban J connectivity index is 1.27. The SMILES string of the molecule is O=C(Nc1cn([C@H]2CC[C@H](C(=O)O)CC2)nc1C(F)F)c1coc(-c2ccnc(NCC3CC3)c2)n1. The zero-order valence-corrected chi connectivity index (χ0v) is 19.4. The molecule has 0 bridgehead atoms. The lowest BCUT2D eigenvalue weighted by atomic mass is 9.86. The van der Waals surface area contributed by atoms with E-state index in [4.69, 9.17) is 9.52 Å². The Morgan fingerprint density at radius 2 is 1.97 bits per heavy atom. The van der Waals surface area contributed by atoms with Crippen LogP contribution in [0.5, 0.6) is 0 Å². The molecule has 0 spiro atoms. The van der Waals surface area contributed by atoms with Gasteiger partial charge >= 0.3 is 5.97 Å². The van der Waals surface area contributed by atoms with Crippen molar-refractivity contribution in [2.24, 2.45) is 11.8 Å². The topological polar surface area (TPSA) is 135 Å². The van der Waals surface area contributed by atoms with E-state index < -0.39 is 29.9 Å². The van der Waals surface area contributed by atoms with Gasteiger partial charge in [0.25, 0.3) is 12.3 Å². The average molecular weight is 501 g/mol. The summed E-state index contributed by atoms with van der Waals surface area (Å²) >= 11 is 0. The van der Waals surface area contributed by atoms with Gasteiger partial charge in [-0.25, -0.2) is 18.7 Å². The second kappa shape index (κ2) is 10.0. The molecule has 12 heteroatoms. The lowest BCUT2D eigenvalue weighted by molar-refractivity contribution is -0.143. The van der Waals surface area contributed by atoms with Crippen LogP contribution >= 0.6 is 0 Å². The Kier molecular flexibility index (Phi) is 6.66. The fourth-order valence-corrected chi connectivity index (χ4v) is 4.37. The number of halogens is 2. The first-order chi connectivity index (χ1) is 17.4. The highest BCUT2D eigenvalue weighted by Crippen LogP contribution is 2.35. The van der Waals surface area contributed by atoms with Crippen LogP contribution in [0.4, 0.5) is 20.3 Å². The summed E-state index contributed by atoms with van der Waals surface area (Å²) in [6.07, 6.45) is 5.57. The fourth-order valence-electron chi connectivity index (χ4n) is 4.37. The molecule has 2 aliphatic carbocycles. The van der Waals surface area contributed by atoms with Crippen molar-refractivity contribution in [1.29, 1.82) is 0 Å². The molecule has 2 fully saturated rings. The molecule has 3 heterocycles. The van der Waals surface area contributed by atoms with E-state index in [1.165, 1.54) is 30.0 Å². The van der Waals surface area contributed by atoms with Gasteiger partial charge in [0.2, 0.25) is 5.89 Å². The first-order valence-electron chi connectivity index (χ1n) is 11.9. The van der Waals surface area contributed by atoms with E-state index in [9.17, 15) is 18.4 Å². The number of carboxylic acid groups (broad SMARTS) is 1. The predicted molar refractivity (Wildman–Crippen MR) is 125 cm³/mol. The minimum Gasteiger partial charge on any atom is -0.481 e. The molecule has 3 N–H and O–H groups in total. The third kappa shape index (κ3) is 5.37. The average Bonchev–Trinajstić information content (AvgIpc) is 3.39. The van der Waals surface area contributed by atoms with E-state index in [2.05, 4.69) is 25.7 Å². The number of pyridine rings is 1. The third-order valence-corrected chi connectivity index (χ3v) is 6.65. The summed E-state index contributed by atoms with van der Waals surface area (Å²) in [6.45, 7) is 0.844. The first kappa shape index (κ1) is 23.9. The van der Waals surface area contributed by atoms with Crippen molar-refractivity contribution < 1.29 is 27.9 Å². The molecule has 0 radical (unpaired) electrons. The van der Waals surface area contributed by atoms with E-state index >= 15 is 0 Å². The Bertz CT molecular complexity index is 1250. The van der Waals surface area contributed by atoms with Crippen LogP contribution in [0.2, 0.25) is 0 Å². The molecular weight excluding hydrogens is 474 g/mol. The Labute approximate surface area is 205 Å². The number of carboxylic acids is 1. The molecule has 5 rings (SSSR count). The van der Waals surface area contributed by atoms with Crippen molar-refractivity contribution in [2.45, 2.75) is 51.0 Å². The highest BCUT2D eigenvalue weighted by molar-refractivity contribution is 6.03. The number of nitrogens with zero attached hydrogens (tertiary/aromatic N) is 4. The first-order valence-corrected chi connectivity index (χ1v) is 11.9. The number of aliphatic carboxylic acids is 1. The maximum Gasteiger partial charge on any atom is 0.306 e. The molecule has 3 aromatic heterocycles. The van der Waals surface area contributed by atoms with Crippen LogP contribution in [-0.2, 0) is 4.79 Å². The van der Waals surface area contributed by atoms with Crippen LogP contribution in [0.3, 0.4) is 0 Å². The van der Waals surface area contributed by atoms with Gasteiger partial charge < -0.3 is 20.2 Å². The molecule has 3 aromatic rings. The van der Waals surface area contributed by atoms with Gasteiger partial charge in [-0.05, 0) is 56.6 Å². The van der Waals surface area contributed by atoms with Gasteiger partial charge in [0.1, 0.15) is 12.1 Å². The number of amides is 1. The zero-order valence-electron chi connectivity index (χ0n) is 19.4. The van der Waals surface area contributed by atoms with Crippen molar-refractivity contribution >= 4 is 23.4 Å². The van der Waals surface area contributed by atoms with Crippen LogP contribution < -0.4 is 10.6 Å². The molecule has 1 amide bonds. The van der Waals surface area contributed by atoms with Gasteiger partial charge in [-0.2, -0.15) is 5.10 Å². The summed E-state index contributed by atoms with van der Waals surface area (Å²) in [5.74, 6) is -0.430. The maximum atomic E-state index is 13.7. The Morgan fingerprint density at radius 1 is 1.19 bits per heavy atom. The molecule has 0 atom stereocenters. The van der Waals surface area contributed by atoms with Crippen molar-refractivity contribution in [3.8, 4) is 11.5 Å². The van der Waals surface area contributed by atoms with Crippen molar-refractivity contribution in [2.75, 3.05) is 17.2 Å². The van der Waals surface area contributed by atoms with Crippen molar-refractivity contribution in [3.63, 3.8) is 0 Å². The smallest absolute Gasteiger partial charge is 0.306 e. The van der Waals surface area contributed by atoms with E-state index in [1.807, 2.05) is 0 Å². The van der Waals surface area contributed by atoms with E-state index in [0.717, 1.165) is 6.54 Å². The number of rotatable bonds is 9. The lowest BCUT2D eigenvalue weighted by Crippen LogP contribution is -2.23. The lowest BCUT2D eigenvalue weighted by Gasteiger charge is -2.26. The molecular formula is C24H26F2N6O4. The van der Waals surface area contributed by atoms with Crippen LogP contribution in [0, 0.1) is 11.8 Å². The summed E-state index contributed by atoms with van der Waals surface area (Å²) in [6, 6.07) is 3.26. The number of anilines is 2. The number of alkyl halides is 2. The number of aromatic nitrogens is 4. The van der Waals surface area contributed by atoms with Crippen molar-refractivity contribution in [3.05, 3.63) is 42.2 Å². The molecule has 0 aliphatic heterocycles. The monoisotopic (exact) mass is 500 g/mol. The molecule has 0 aromatic carbocycles. The van der Waals surface area contributed by atoms with Gasteiger partial charge in [0.15, 0.2) is 11.4 Å². The van der Waals surface area contributed by atoms with Gasteiger partial charge in [0.05, 0.1) is 17.6 Å². The third-order valence-electron chi connectivity index (χ3n) is 6.65. The summed E-state index contributed by atoms with van der Waals surface area (Å²) in [5, 5.41) is 18.9. The number of hydrogen-bond acceptors (Lipinski definition) is 7. The quantitative estimate of drug-likeness (QED) is 0.383. The van der Waals surface area contributed by atoms with Crippen LogP contribution in [0.25, 0.3) is 11.5 Å². The van der Waals surface area contributed by atoms with E-state index in [1.54, 1.807) is 18.3 Å². The summed E-state index contributed by atoms with van der Waals surface area (Å²) in [7, 11) is 0. The van der Waals surface area contributed by atoms with Crippen LogP contribution in [0.1, 0.15) is 67.2 Å². The Morgan fingerprint density at radius 3 is 2.67 bits per heavy atom. The molecule has 36 heavy (non-hydrogen) atoms. The van der Waals surface area contributed by atoms with Crippen LogP contribution in [0.15, 0.2) is 35.2 Å². The fraction of sp³-hybridized carbons (Fsp3) is 0.458. The number of oxazole rings is 1. The zero-order chi connectivity index (χ0) is 25.2. The maximum absolute atomic E-state index is 13.7. The largest absolute Gasteiger partial charge is 0.481 e. The molecule has 0 unspecified atom stereocenters. The Hall–Kier alpha value is -3.83.